The van der Waals surface area contributed by atoms with E-state index in [1.807, 2.05) is 12.1 Å². The Hall–Kier alpha value is -1.06. The van der Waals surface area contributed by atoms with Gasteiger partial charge in [-0.05, 0) is 32.0 Å². The van der Waals surface area contributed by atoms with Gasteiger partial charge in [0.25, 0.3) is 0 Å². The van der Waals surface area contributed by atoms with Crippen molar-refractivity contribution in [2.45, 2.75) is 19.9 Å². The van der Waals surface area contributed by atoms with E-state index in [0.29, 0.717) is 16.6 Å². The minimum Gasteiger partial charge on any atom is -0.368 e. The van der Waals surface area contributed by atoms with Crippen LogP contribution in [0, 0.1) is 0 Å². The Labute approximate surface area is 113 Å². The molecule has 0 amide bonds. The molecule has 1 saturated heterocycles. The van der Waals surface area contributed by atoms with Gasteiger partial charge < -0.3 is 4.90 Å². The molecule has 1 fully saturated rings. The monoisotopic (exact) mass is 266 g/mol. The van der Waals surface area contributed by atoms with Gasteiger partial charge in [-0.2, -0.15) is 0 Å². The average Bonchev–Trinajstić information content (AvgIpc) is 2.38. The third-order valence-corrected chi connectivity index (χ3v) is 3.74. The Morgan fingerprint density at radius 3 is 2.44 bits per heavy atom. The zero-order chi connectivity index (χ0) is 13.1. The second-order valence-electron chi connectivity index (χ2n) is 4.94. The van der Waals surface area contributed by atoms with Gasteiger partial charge in [-0.3, -0.25) is 9.69 Å². The number of halogens is 1. The first-order valence-electron chi connectivity index (χ1n) is 6.35. The molecular formula is C14H19ClN2O. The van der Waals surface area contributed by atoms with E-state index in [2.05, 4.69) is 23.6 Å². The molecule has 0 atom stereocenters. The smallest absolute Gasteiger partial charge is 0.152 e. The minimum atomic E-state index is 0.586. The first-order valence-corrected chi connectivity index (χ1v) is 6.73. The van der Waals surface area contributed by atoms with Gasteiger partial charge in [-0.25, -0.2) is 0 Å². The third-order valence-electron chi connectivity index (χ3n) is 3.50. The normalized spacial score (nSPS) is 17.2. The molecule has 98 valence electrons. The van der Waals surface area contributed by atoms with Gasteiger partial charge in [0.1, 0.15) is 0 Å². The highest BCUT2D eigenvalue weighted by Crippen LogP contribution is 2.24. The van der Waals surface area contributed by atoms with E-state index in [-0.39, 0.29) is 0 Å². The van der Waals surface area contributed by atoms with Crippen molar-refractivity contribution in [3.8, 4) is 0 Å². The molecule has 2 rings (SSSR count). The summed E-state index contributed by atoms with van der Waals surface area (Å²) in [6, 6.07) is 6.11. The Morgan fingerprint density at radius 1 is 1.22 bits per heavy atom. The molecule has 0 spiro atoms. The maximum Gasteiger partial charge on any atom is 0.152 e. The molecule has 1 aliphatic heterocycles. The molecule has 0 aromatic heterocycles. The van der Waals surface area contributed by atoms with Crippen molar-refractivity contribution in [1.82, 2.24) is 4.90 Å². The number of piperazine rings is 1. The molecule has 1 aromatic rings. The van der Waals surface area contributed by atoms with Crippen molar-refractivity contribution in [1.29, 1.82) is 0 Å². The number of anilines is 1. The maximum atomic E-state index is 11.1. The fourth-order valence-electron chi connectivity index (χ4n) is 2.39. The van der Waals surface area contributed by atoms with E-state index < -0.39 is 0 Å². The molecule has 1 aliphatic rings. The van der Waals surface area contributed by atoms with Crippen LogP contribution < -0.4 is 4.90 Å². The topological polar surface area (TPSA) is 23.6 Å². The van der Waals surface area contributed by atoms with Gasteiger partial charge in [-0.15, -0.1) is 0 Å². The van der Waals surface area contributed by atoms with Crippen LogP contribution in [0.4, 0.5) is 5.69 Å². The number of carbonyl (C=O) groups is 1. The van der Waals surface area contributed by atoms with E-state index in [1.165, 1.54) is 0 Å². The summed E-state index contributed by atoms with van der Waals surface area (Å²) in [6.45, 7) is 8.43. The molecule has 0 aliphatic carbocycles. The summed E-state index contributed by atoms with van der Waals surface area (Å²) < 4.78 is 0. The number of hydrogen-bond acceptors (Lipinski definition) is 3. The summed E-state index contributed by atoms with van der Waals surface area (Å²) in [5.41, 5.74) is 1.68. The molecule has 1 aromatic carbocycles. The van der Waals surface area contributed by atoms with Crippen LogP contribution in [-0.4, -0.2) is 43.4 Å². The number of aldehydes is 1. The summed E-state index contributed by atoms with van der Waals surface area (Å²) in [6.07, 6.45) is 0.885. The van der Waals surface area contributed by atoms with Crippen LogP contribution >= 0.6 is 11.6 Å². The van der Waals surface area contributed by atoms with Crippen molar-refractivity contribution in [2.75, 3.05) is 31.1 Å². The standard InChI is InChI=1S/C14H19ClN2O/c1-11(2)16-5-7-17(8-6-16)14-4-3-13(15)9-12(14)10-18/h3-4,9-11H,5-8H2,1-2H3. The van der Waals surface area contributed by atoms with Gasteiger partial charge in [0.15, 0.2) is 6.29 Å². The van der Waals surface area contributed by atoms with Crippen molar-refractivity contribution >= 4 is 23.6 Å². The van der Waals surface area contributed by atoms with Crippen molar-refractivity contribution in [2.24, 2.45) is 0 Å². The highest BCUT2D eigenvalue weighted by Gasteiger charge is 2.20. The molecule has 3 nitrogen and oxygen atoms in total. The number of hydrogen-bond donors (Lipinski definition) is 0. The first-order chi connectivity index (χ1) is 8.61. The van der Waals surface area contributed by atoms with Gasteiger partial charge in [0.2, 0.25) is 0 Å². The average molecular weight is 267 g/mol. The van der Waals surface area contributed by atoms with Crippen molar-refractivity contribution in [3.63, 3.8) is 0 Å². The number of nitrogens with zero attached hydrogens (tertiary/aromatic N) is 2. The van der Waals surface area contributed by atoms with E-state index in [4.69, 9.17) is 11.6 Å². The third kappa shape index (κ3) is 2.85. The molecule has 0 saturated carbocycles. The molecule has 0 bridgehead atoms. The molecule has 1 heterocycles. The quantitative estimate of drug-likeness (QED) is 0.786. The van der Waals surface area contributed by atoms with Crippen LogP contribution in [0.2, 0.25) is 5.02 Å². The fraction of sp³-hybridized carbons (Fsp3) is 0.500. The Bertz CT molecular complexity index is 426. The molecule has 0 unspecified atom stereocenters. The van der Waals surface area contributed by atoms with E-state index in [0.717, 1.165) is 38.2 Å². The summed E-state index contributed by atoms with van der Waals surface area (Å²) in [7, 11) is 0. The minimum absolute atomic E-state index is 0.586. The largest absolute Gasteiger partial charge is 0.368 e. The second kappa shape index (κ2) is 5.72. The fourth-order valence-corrected chi connectivity index (χ4v) is 2.57. The van der Waals surface area contributed by atoms with Crippen LogP contribution in [-0.2, 0) is 0 Å². The maximum absolute atomic E-state index is 11.1. The molecule has 4 heteroatoms. The van der Waals surface area contributed by atoms with Gasteiger partial charge in [0, 0.05) is 48.5 Å². The number of rotatable bonds is 3. The Morgan fingerprint density at radius 2 is 1.89 bits per heavy atom. The molecular weight excluding hydrogens is 248 g/mol. The number of benzene rings is 1. The Kier molecular flexibility index (Phi) is 4.25. The van der Waals surface area contributed by atoms with Crippen LogP contribution in [0.15, 0.2) is 18.2 Å². The van der Waals surface area contributed by atoms with Crippen LogP contribution in [0.1, 0.15) is 24.2 Å². The lowest BCUT2D eigenvalue weighted by Crippen LogP contribution is -2.49. The van der Waals surface area contributed by atoms with E-state index in [9.17, 15) is 4.79 Å². The van der Waals surface area contributed by atoms with Crippen molar-refractivity contribution in [3.05, 3.63) is 28.8 Å². The highest BCUT2D eigenvalue weighted by atomic mass is 35.5. The van der Waals surface area contributed by atoms with Crippen molar-refractivity contribution < 1.29 is 4.79 Å². The van der Waals surface area contributed by atoms with E-state index >= 15 is 0 Å². The van der Waals surface area contributed by atoms with Gasteiger partial charge in [0.05, 0.1) is 0 Å². The zero-order valence-corrected chi connectivity index (χ0v) is 11.7. The summed E-state index contributed by atoms with van der Waals surface area (Å²) in [4.78, 5) is 15.8. The van der Waals surface area contributed by atoms with Crippen LogP contribution in [0.25, 0.3) is 0 Å². The highest BCUT2D eigenvalue weighted by molar-refractivity contribution is 6.31. The lowest BCUT2D eigenvalue weighted by molar-refractivity contribution is 0.112. The zero-order valence-electron chi connectivity index (χ0n) is 10.9. The second-order valence-corrected chi connectivity index (χ2v) is 5.37. The van der Waals surface area contributed by atoms with Gasteiger partial charge in [-0.1, -0.05) is 11.6 Å². The van der Waals surface area contributed by atoms with E-state index in [1.54, 1.807) is 6.07 Å². The summed E-state index contributed by atoms with van der Waals surface area (Å²) in [5, 5.41) is 0.613. The lowest BCUT2D eigenvalue weighted by atomic mass is 10.1. The SMILES string of the molecule is CC(C)N1CCN(c2ccc(Cl)cc2C=O)CC1. The Balaban J connectivity index is 2.12. The van der Waals surface area contributed by atoms with Crippen LogP contribution in [0.5, 0.6) is 0 Å². The van der Waals surface area contributed by atoms with Gasteiger partial charge >= 0.3 is 0 Å². The molecule has 18 heavy (non-hydrogen) atoms. The summed E-state index contributed by atoms with van der Waals surface area (Å²) in [5.74, 6) is 0. The predicted octanol–water partition coefficient (Wildman–Crippen LogP) is 2.68. The first kappa shape index (κ1) is 13.4. The molecule has 0 N–H and O–H groups in total. The summed E-state index contributed by atoms with van der Waals surface area (Å²) >= 11 is 5.91. The molecule has 0 radical (unpaired) electrons. The predicted molar refractivity (Wildman–Crippen MR) is 75.8 cm³/mol. The lowest BCUT2D eigenvalue weighted by Gasteiger charge is -2.38. The van der Waals surface area contributed by atoms with Crippen LogP contribution in [0.3, 0.4) is 0 Å². The number of carbonyl (C=O) groups excluding carboxylic acids is 1.